The molecule has 0 bridgehead atoms. The summed E-state index contributed by atoms with van der Waals surface area (Å²) in [7, 11) is 0. The van der Waals surface area contributed by atoms with Gasteiger partial charge in [0.25, 0.3) is 0 Å². The van der Waals surface area contributed by atoms with Crippen LogP contribution in [0.4, 0.5) is 0 Å². The normalized spacial score (nSPS) is 41.6. The maximum Gasteiger partial charge on any atom is 0.00415 e. The largest absolute Gasteiger partial charge is 0.328 e. The Kier molecular flexibility index (Phi) is 4.69. The Bertz CT molecular complexity index is 202. The van der Waals surface area contributed by atoms with Crippen molar-refractivity contribution in [3.63, 3.8) is 0 Å². The average molecular weight is 223 g/mol. The van der Waals surface area contributed by atoms with Gasteiger partial charge in [0.2, 0.25) is 0 Å². The molecule has 2 fully saturated rings. The van der Waals surface area contributed by atoms with Crippen molar-refractivity contribution in [2.24, 2.45) is 23.5 Å². The highest BCUT2D eigenvalue weighted by molar-refractivity contribution is 4.82. The second-order valence-electron chi connectivity index (χ2n) is 6.24. The van der Waals surface area contributed by atoms with E-state index >= 15 is 0 Å². The number of rotatable bonds is 2. The Labute approximate surface area is 101 Å². The number of nitrogens with two attached hydrogens (primary N) is 1. The van der Waals surface area contributed by atoms with E-state index in [0.29, 0.717) is 6.04 Å². The van der Waals surface area contributed by atoms with Crippen LogP contribution in [0.3, 0.4) is 0 Å². The van der Waals surface area contributed by atoms with Crippen LogP contribution in [-0.2, 0) is 0 Å². The summed E-state index contributed by atoms with van der Waals surface area (Å²) in [5.74, 6) is 3.01. The molecule has 0 aromatic rings. The van der Waals surface area contributed by atoms with Crippen LogP contribution in [-0.4, -0.2) is 6.04 Å². The summed E-state index contributed by atoms with van der Waals surface area (Å²) < 4.78 is 0. The lowest BCUT2D eigenvalue weighted by molar-refractivity contribution is 0.174. The summed E-state index contributed by atoms with van der Waals surface area (Å²) in [5, 5.41) is 0. The zero-order valence-corrected chi connectivity index (χ0v) is 11.0. The first-order chi connectivity index (χ1) is 7.79. The van der Waals surface area contributed by atoms with E-state index in [1.807, 2.05) is 0 Å². The number of hydrogen-bond acceptors (Lipinski definition) is 1. The van der Waals surface area contributed by atoms with Gasteiger partial charge in [0.1, 0.15) is 0 Å². The molecule has 2 aliphatic rings. The van der Waals surface area contributed by atoms with E-state index in [4.69, 9.17) is 5.73 Å². The molecule has 2 aliphatic carbocycles. The van der Waals surface area contributed by atoms with Crippen LogP contribution in [0.15, 0.2) is 0 Å². The predicted molar refractivity (Wildman–Crippen MR) is 70.3 cm³/mol. The van der Waals surface area contributed by atoms with Gasteiger partial charge in [-0.05, 0) is 37.0 Å². The highest BCUT2D eigenvalue weighted by atomic mass is 14.6. The van der Waals surface area contributed by atoms with Crippen molar-refractivity contribution in [1.29, 1.82) is 0 Å². The molecular formula is C15H29N. The molecule has 0 heterocycles. The first-order valence-electron chi connectivity index (χ1n) is 7.55. The molecular weight excluding hydrogens is 194 g/mol. The lowest BCUT2D eigenvalue weighted by Gasteiger charge is -2.34. The molecule has 0 spiro atoms. The molecule has 0 aromatic heterocycles. The molecule has 94 valence electrons. The lowest BCUT2D eigenvalue weighted by Crippen LogP contribution is -2.28. The topological polar surface area (TPSA) is 26.0 Å². The van der Waals surface area contributed by atoms with E-state index in [2.05, 4.69) is 6.92 Å². The zero-order chi connectivity index (χ0) is 11.4. The smallest absolute Gasteiger partial charge is 0.00415 e. The summed E-state index contributed by atoms with van der Waals surface area (Å²) in [6, 6.07) is 0.509. The van der Waals surface area contributed by atoms with Crippen molar-refractivity contribution in [3.8, 4) is 0 Å². The van der Waals surface area contributed by atoms with Crippen LogP contribution in [0.25, 0.3) is 0 Å². The first kappa shape index (κ1) is 12.4. The molecule has 0 aliphatic heterocycles. The second kappa shape index (κ2) is 6.05. The SMILES string of the molecule is CCC1CCCC(C2CCCCC(N)C2)C1. The van der Waals surface area contributed by atoms with Crippen LogP contribution in [0.5, 0.6) is 0 Å². The predicted octanol–water partition coefficient (Wildman–Crippen LogP) is 4.11. The minimum atomic E-state index is 0.509. The average Bonchev–Trinajstić information content (AvgIpc) is 2.54. The van der Waals surface area contributed by atoms with E-state index < -0.39 is 0 Å². The van der Waals surface area contributed by atoms with Gasteiger partial charge in [-0.25, -0.2) is 0 Å². The molecule has 0 aromatic carbocycles. The van der Waals surface area contributed by atoms with E-state index in [0.717, 1.165) is 17.8 Å². The zero-order valence-electron chi connectivity index (χ0n) is 11.0. The molecule has 0 saturated heterocycles. The van der Waals surface area contributed by atoms with Gasteiger partial charge >= 0.3 is 0 Å². The number of hydrogen-bond donors (Lipinski definition) is 1. The minimum absolute atomic E-state index is 0.509. The van der Waals surface area contributed by atoms with Crippen molar-refractivity contribution < 1.29 is 0 Å². The molecule has 2 rings (SSSR count). The van der Waals surface area contributed by atoms with Gasteiger partial charge in [-0.3, -0.25) is 0 Å². The minimum Gasteiger partial charge on any atom is -0.328 e. The summed E-state index contributed by atoms with van der Waals surface area (Å²) in [5.41, 5.74) is 6.20. The summed E-state index contributed by atoms with van der Waals surface area (Å²) in [4.78, 5) is 0. The van der Waals surface area contributed by atoms with Gasteiger partial charge in [-0.1, -0.05) is 51.9 Å². The van der Waals surface area contributed by atoms with Gasteiger partial charge in [0, 0.05) is 6.04 Å². The van der Waals surface area contributed by atoms with Crippen molar-refractivity contribution in [1.82, 2.24) is 0 Å². The molecule has 4 unspecified atom stereocenters. The first-order valence-corrected chi connectivity index (χ1v) is 7.55. The molecule has 2 saturated carbocycles. The highest BCUT2D eigenvalue weighted by Gasteiger charge is 2.29. The fourth-order valence-electron chi connectivity index (χ4n) is 4.00. The van der Waals surface area contributed by atoms with E-state index in [9.17, 15) is 0 Å². The summed E-state index contributed by atoms with van der Waals surface area (Å²) in [6.45, 7) is 2.37. The van der Waals surface area contributed by atoms with E-state index in [-0.39, 0.29) is 0 Å². The van der Waals surface area contributed by atoms with Crippen LogP contribution < -0.4 is 5.73 Å². The van der Waals surface area contributed by atoms with Gasteiger partial charge in [-0.2, -0.15) is 0 Å². The Morgan fingerprint density at radius 3 is 2.38 bits per heavy atom. The fraction of sp³-hybridized carbons (Fsp3) is 1.00. The summed E-state index contributed by atoms with van der Waals surface area (Å²) in [6.07, 6.45) is 14.3. The van der Waals surface area contributed by atoms with Crippen molar-refractivity contribution in [2.75, 3.05) is 0 Å². The third-order valence-corrected chi connectivity index (χ3v) is 5.07. The molecule has 0 radical (unpaired) electrons. The van der Waals surface area contributed by atoms with Gasteiger partial charge in [0.05, 0.1) is 0 Å². The lowest BCUT2D eigenvalue weighted by atomic mass is 9.72. The standard InChI is InChI=1S/C15H29N/c1-2-12-6-5-8-13(10-12)14-7-3-4-9-15(16)11-14/h12-15H,2-11,16H2,1H3. The van der Waals surface area contributed by atoms with Gasteiger partial charge < -0.3 is 5.73 Å². The molecule has 1 nitrogen and oxygen atoms in total. The van der Waals surface area contributed by atoms with E-state index in [1.165, 1.54) is 64.2 Å². The van der Waals surface area contributed by atoms with Gasteiger partial charge in [0.15, 0.2) is 0 Å². The van der Waals surface area contributed by atoms with Crippen LogP contribution in [0.2, 0.25) is 0 Å². The summed E-state index contributed by atoms with van der Waals surface area (Å²) >= 11 is 0. The third kappa shape index (κ3) is 3.23. The Morgan fingerprint density at radius 1 is 0.875 bits per heavy atom. The van der Waals surface area contributed by atoms with Crippen molar-refractivity contribution >= 4 is 0 Å². The van der Waals surface area contributed by atoms with Crippen LogP contribution in [0.1, 0.15) is 71.1 Å². The Balaban J connectivity index is 1.89. The molecule has 0 amide bonds. The highest BCUT2D eigenvalue weighted by Crippen LogP contribution is 2.40. The van der Waals surface area contributed by atoms with Crippen molar-refractivity contribution in [3.05, 3.63) is 0 Å². The maximum absolute atomic E-state index is 6.20. The van der Waals surface area contributed by atoms with Crippen molar-refractivity contribution in [2.45, 2.75) is 77.2 Å². The maximum atomic E-state index is 6.20. The Morgan fingerprint density at radius 2 is 1.56 bits per heavy atom. The van der Waals surface area contributed by atoms with Crippen LogP contribution in [0, 0.1) is 17.8 Å². The quantitative estimate of drug-likeness (QED) is 0.700. The molecule has 1 heteroatoms. The van der Waals surface area contributed by atoms with E-state index in [1.54, 1.807) is 0 Å². The Hall–Kier alpha value is -0.0400. The monoisotopic (exact) mass is 223 g/mol. The molecule has 2 N–H and O–H groups in total. The molecule has 4 atom stereocenters. The third-order valence-electron chi connectivity index (χ3n) is 5.07. The second-order valence-corrected chi connectivity index (χ2v) is 6.24. The molecule has 16 heavy (non-hydrogen) atoms. The van der Waals surface area contributed by atoms with Crippen LogP contribution >= 0.6 is 0 Å². The fourth-order valence-corrected chi connectivity index (χ4v) is 4.00. The van der Waals surface area contributed by atoms with Gasteiger partial charge in [-0.15, -0.1) is 0 Å².